The lowest BCUT2D eigenvalue weighted by Gasteiger charge is -2.09. The Kier molecular flexibility index (Phi) is 6.82. The van der Waals surface area contributed by atoms with Crippen LogP contribution in [-0.2, 0) is 6.54 Å². The molecule has 2 heterocycles. The molecule has 2 N–H and O–H groups in total. The van der Waals surface area contributed by atoms with Crippen LogP contribution in [0.4, 0.5) is 11.6 Å². The molecule has 0 atom stereocenters. The second-order valence-corrected chi connectivity index (χ2v) is 9.32. The smallest absolute Gasteiger partial charge is 0.251 e. The van der Waals surface area contributed by atoms with Crippen molar-refractivity contribution >= 4 is 28.9 Å². The van der Waals surface area contributed by atoms with Crippen molar-refractivity contribution in [3.63, 3.8) is 0 Å². The normalized spacial score (nSPS) is 10.7. The largest absolute Gasteiger partial charge is 0.348 e. The van der Waals surface area contributed by atoms with Gasteiger partial charge in [-0.15, -0.1) is 11.3 Å². The van der Waals surface area contributed by atoms with E-state index in [0.29, 0.717) is 18.1 Å². The summed E-state index contributed by atoms with van der Waals surface area (Å²) in [6, 6.07) is 27.5. The average molecular weight is 492 g/mol. The molecule has 3 aromatic carbocycles. The molecule has 0 fully saturated rings. The van der Waals surface area contributed by atoms with Gasteiger partial charge in [-0.3, -0.25) is 4.79 Å². The second-order valence-electron chi connectivity index (χ2n) is 8.46. The Labute approximate surface area is 214 Å². The van der Waals surface area contributed by atoms with Crippen LogP contribution in [-0.4, -0.2) is 20.9 Å². The van der Waals surface area contributed by atoms with Crippen LogP contribution in [0.15, 0.2) is 90.3 Å². The SMILES string of the molecule is Cc1cc(C)nc(Nc2cccc(C(=O)NCc3ccc(-c4nc(-c5ccccc5)cs4)cc3)c2)n1. The van der Waals surface area contributed by atoms with Crippen LogP contribution in [0.2, 0.25) is 0 Å². The summed E-state index contributed by atoms with van der Waals surface area (Å²) in [4.78, 5) is 26.4. The van der Waals surface area contributed by atoms with E-state index in [1.54, 1.807) is 23.5 Å². The first kappa shape index (κ1) is 23.4. The number of hydrogen-bond donors (Lipinski definition) is 2. The van der Waals surface area contributed by atoms with Gasteiger partial charge in [-0.05, 0) is 43.7 Å². The number of thiazole rings is 1. The van der Waals surface area contributed by atoms with Gasteiger partial charge >= 0.3 is 0 Å². The molecule has 0 aliphatic rings. The Bertz CT molecular complexity index is 1480. The molecule has 0 aliphatic carbocycles. The highest BCUT2D eigenvalue weighted by molar-refractivity contribution is 7.13. The second kappa shape index (κ2) is 10.5. The van der Waals surface area contributed by atoms with Crippen LogP contribution >= 0.6 is 11.3 Å². The molecule has 6 nitrogen and oxygen atoms in total. The van der Waals surface area contributed by atoms with Crippen molar-refractivity contribution in [2.75, 3.05) is 5.32 Å². The third-order valence-electron chi connectivity index (χ3n) is 5.59. The number of nitrogens with one attached hydrogen (secondary N) is 2. The number of nitrogens with zero attached hydrogens (tertiary/aromatic N) is 3. The zero-order chi connectivity index (χ0) is 24.9. The summed E-state index contributed by atoms with van der Waals surface area (Å²) < 4.78 is 0. The average Bonchev–Trinajstić information content (AvgIpc) is 3.38. The summed E-state index contributed by atoms with van der Waals surface area (Å²) >= 11 is 1.63. The summed E-state index contributed by atoms with van der Waals surface area (Å²) in [5, 5.41) is 9.23. The van der Waals surface area contributed by atoms with E-state index in [0.717, 1.165) is 44.5 Å². The van der Waals surface area contributed by atoms with Crippen LogP contribution < -0.4 is 10.6 Å². The number of anilines is 2. The van der Waals surface area contributed by atoms with Crippen LogP contribution in [0, 0.1) is 13.8 Å². The number of aromatic nitrogens is 3. The summed E-state index contributed by atoms with van der Waals surface area (Å²) in [6.07, 6.45) is 0. The van der Waals surface area contributed by atoms with E-state index in [9.17, 15) is 4.79 Å². The summed E-state index contributed by atoms with van der Waals surface area (Å²) in [5.41, 5.74) is 7.27. The van der Waals surface area contributed by atoms with Gasteiger partial charge in [-0.2, -0.15) is 0 Å². The quantitative estimate of drug-likeness (QED) is 0.270. The predicted molar refractivity (Wildman–Crippen MR) is 145 cm³/mol. The third-order valence-corrected chi connectivity index (χ3v) is 6.48. The monoisotopic (exact) mass is 491 g/mol. The number of aryl methyl sites for hydroxylation is 2. The van der Waals surface area contributed by atoms with E-state index in [-0.39, 0.29) is 5.91 Å². The van der Waals surface area contributed by atoms with Crippen molar-refractivity contribution in [2.45, 2.75) is 20.4 Å². The van der Waals surface area contributed by atoms with Crippen LogP contribution in [0.5, 0.6) is 0 Å². The fourth-order valence-electron chi connectivity index (χ4n) is 3.85. The van der Waals surface area contributed by atoms with Gasteiger partial charge in [0.2, 0.25) is 5.95 Å². The van der Waals surface area contributed by atoms with Gasteiger partial charge in [-0.25, -0.2) is 15.0 Å². The van der Waals surface area contributed by atoms with Crippen molar-refractivity contribution in [3.05, 3.63) is 113 Å². The topological polar surface area (TPSA) is 79.8 Å². The van der Waals surface area contributed by atoms with Crippen LogP contribution in [0.1, 0.15) is 27.3 Å². The molecule has 7 heteroatoms. The minimum atomic E-state index is -0.142. The summed E-state index contributed by atoms with van der Waals surface area (Å²) in [5.74, 6) is 0.373. The van der Waals surface area contributed by atoms with E-state index < -0.39 is 0 Å². The molecule has 178 valence electrons. The molecule has 0 spiro atoms. The highest BCUT2D eigenvalue weighted by atomic mass is 32.1. The van der Waals surface area contributed by atoms with Crippen molar-refractivity contribution in [3.8, 4) is 21.8 Å². The molecule has 1 amide bonds. The molecule has 2 aromatic heterocycles. The highest BCUT2D eigenvalue weighted by Crippen LogP contribution is 2.29. The first-order chi connectivity index (χ1) is 17.5. The predicted octanol–water partition coefficient (Wildman–Crippen LogP) is 6.56. The minimum Gasteiger partial charge on any atom is -0.348 e. The van der Waals surface area contributed by atoms with Crippen LogP contribution in [0.25, 0.3) is 21.8 Å². The van der Waals surface area contributed by atoms with Gasteiger partial charge < -0.3 is 10.6 Å². The third kappa shape index (κ3) is 5.64. The van der Waals surface area contributed by atoms with Gasteiger partial charge in [-0.1, -0.05) is 60.7 Å². The van der Waals surface area contributed by atoms with E-state index in [1.165, 1.54) is 0 Å². The van der Waals surface area contributed by atoms with Crippen molar-refractivity contribution in [1.82, 2.24) is 20.3 Å². The van der Waals surface area contributed by atoms with E-state index in [2.05, 4.69) is 38.1 Å². The number of amides is 1. The number of rotatable bonds is 7. The molecule has 36 heavy (non-hydrogen) atoms. The van der Waals surface area contributed by atoms with Gasteiger partial charge in [0.15, 0.2) is 0 Å². The Morgan fingerprint density at radius 2 is 1.56 bits per heavy atom. The standard InChI is InChI=1S/C29H25N5OS/c1-19-15-20(2)32-29(31-19)33-25-10-6-9-24(16-25)27(35)30-17-21-11-13-23(14-12-21)28-34-26(18-36-28)22-7-4-3-5-8-22/h3-16,18H,17H2,1-2H3,(H,30,35)(H,31,32,33). The van der Waals surface area contributed by atoms with Crippen molar-refractivity contribution < 1.29 is 4.79 Å². The first-order valence-corrected chi connectivity index (χ1v) is 12.5. The minimum absolute atomic E-state index is 0.142. The highest BCUT2D eigenvalue weighted by Gasteiger charge is 2.09. The molecular formula is C29H25N5OS. The van der Waals surface area contributed by atoms with Gasteiger partial charge in [0.05, 0.1) is 5.69 Å². The zero-order valence-electron chi connectivity index (χ0n) is 20.0. The lowest BCUT2D eigenvalue weighted by Crippen LogP contribution is -2.22. The maximum atomic E-state index is 12.8. The number of carbonyl (C=O) groups excluding carboxylic acids is 1. The Hall–Kier alpha value is -4.36. The lowest BCUT2D eigenvalue weighted by atomic mass is 10.1. The molecule has 0 radical (unpaired) electrons. The molecule has 5 aromatic rings. The van der Waals surface area contributed by atoms with E-state index in [1.807, 2.05) is 74.5 Å². The fourth-order valence-corrected chi connectivity index (χ4v) is 4.68. The molecule has 0 saturated heterocycles. The van der Waals surface area contributed by atoms with Gasteiger partial charge in [0, 0.05) is 45.7 Å². The molecular weight excluding hydrogens is 466 g/mol. The Morgan fingerprint density at radius 1 is 0.806 bits per heavy atom. The van der Waals surface area contributed by atoms with E-state index in [4.69, 9.17) is 4.98 Å². The van der Waals surface area contributed by atoms with Crippen LogP contribution in [0.3, 0.4) is 0 Å². The molecule has 0 saturated carbocycles. The molecule has 0 bridgehead atoms. The summed E-state index contributed by atoms with van der Waals surface area (Å²) in [6.45, 7) is 4.29. The van der Waals surface area contributed by atoms with Crippen molar-refractivity contribution in [2.24, 2.45) is 0 Å². The molecule has 5 rings (SSSR count). The molecule has 0 aliphatic heterocycles. The number of hydrogen-bond acceptors (Lipinski definition) is 6. The van der Waals surface area contributed by atoms with Gasteiger partial charge in [0.25, 0.3) is 5.91 Å². The maximum Gasteiger partial charge on any atom is 0.251 e. The Balaban J connectivity index is 1.21. The molecule has 0 unspecified atom stereocenters. The fraction of sp³-hybridized carbons (Fsp3) is 0.103. The number of carbonyl (C=O) groups is 1. The van der Waals surface area contributed by atoms with E-state index >= 15 is 0 Å². The summed E-state index contributed by atoms with van der Waals surface area (Å²) in [7, 11) is 0. The first-order valence-electron chi connectivity index (χ1n) is 11.6. The van der Waals surface area contributed by atoms with Gasteiger partial charge in [0.1, 0.15) is 5.01 Å². The zero-order valence-corrected chi connectivity index (χ0v) is 20.8. The Morgan fingerprint density at radius 3 is 2.31 bits per heavy atom. The number of benzene rings is 3. The van der Waals surface area contributed by atoms with Crippen molar-refractivity contribution in [1.29, 1.82) is 0 Å². The maximum absolute atomic E-state index is 12.8. The lowest BCUT2D eigenvalue weighted by molar-refractivity contribution is 0.0951.